The number of hydrogen-bond acceptors (Lipinski definition) is 6. The van der Waals surface area contributed by atoms with Gasteiger partial charge >= 0.3 is 0 Å². The average Bonchev–Trinajstić information content (AvgIpc) is 3.26. The molecule has 4 N–H and O–H groups in total. The maximum Gasteiger partial charge on any atom is 0.261 e. The third kappa shape index (κ3) is 6.53. The van der Waals surface area contributed by atoms with Gasteiger partial charge in [0.15, 0.2) is 0 Å². The Kier molecular flexibility index (Phi) is 8.95. The molecule has 0 fully saturated rings. The summed E-state index contributed by atoms with van der Waals surface area (Å²) in [7, 11) is -3.82. The summed E-state index contributed by atoms with van der Waals surface area (Å²) in [5.41, 5.74) is 9.61. The molecule has 0 saturated heterocycles. The molecule has 208 valence electrons. The van der Waals surface area contributed by atoms with E-state index >= 15 is 0 Å². The fourth-order valence-electron chi connectivity index (χ4n) is 4.61. The van der Waals surface area contributed by atoms with Crippen LogP contribution in [-0.4, -0.2) is 31.7 Å². The van der Waals surface area contributed by atoms with E-state index in [1.165, 1.54) is 35.1 Å². The quantitative estimate of drug-likeness (QED) is 0.258. The predicted molar refractivity (Wildman–Crippen MR) is 161 cm³/mol. The van der Waals surface area contributed by atoms with Crippen LogP contribution < -0.4 is 15.8 Å². The average molecular weight is 597 g/mol. The maximum atomic E-state index is 13.2. The number of rotatable bonds is 8. The number of nitrogens with zero attached hydrogens (tertiary/aromatic N) is 1. The van der Waals surface area contributed by atoms with E-state index in [2.05, 4.69) is 27.1 Å². The van der Waals surface area contributed by atoms with E-state index in [0.717, 1.165) is 29.1 Å². The zero-order valence-corrected chi connectivity index (χ0v) is 24.2. The van der Waals surface area contributed by atoms with Gasteiger partial charge in [-0.1, -0.05) is 54.1 Å². The van der Waals surface area contributed by atoms with Crippen molar-refractivity contribution in [1.29, 1.82) is 0 Å². The van der Waals surface area contributed by atoms with Gasteiger partial charge in [-0.2, -0.15) is 0 Å². The van der Waals surface area contributed by atoms with Crippen LogP contribution in [0.4, 0.5) is 10.7 Å². The van der Waals surface area contributed by atoms with Crippen LogP contribution in [-0.2, 0) is 29.5 Å². The van der Waals surface area contributed by atoms with E-state index in [9.17, 15) is 18.0 Å². The van der Waals surface area contributed by atoms with Crippen LogP contribution in [0.5, 0.6) is 0 Å². The second kappa shape index (κ2) is 12.2. The van der Waals surface area contributed by atoms with Crippen molar-refractivity contribution in [1.82, 2.24) is 4.90 Å². The van der Waals surface area contributed by atoms with Crippen LogP contribution in [0.15, 0.2) is 83.8 Å². The monoisotopic (exact) mass is 596 g/mol. The maximum absolute atomic E-state index is 13.2. The zero-order chi connectivity index (χ0) is 27.6. The van der Waals surface area contributed by atoms with Gasteiger partial charge in [-0.3, -0.25) is 19.2 Å². The summed E-state index contributed by atoms with van der Waals surface area (Å²) in [6.07, 6.45) is 0.656. The van der Waals surface area contributed by atoms with Crippen molar-refractivity contribution >= 4 is 56.3 Å². The molecule has 3 aromatic carbocycles. The Bertz CT molecular complexity index is 1640. The van der Waals surface area contributed by atoms with Crippen molar-refractivity contribution < 1.29 is 18.0 Å². The van der Waals surface area contributed by atoms with Crippen LogP contribution >= 0.6 is 23.7 Å². The Hall–Kier alpha value is -3.70. The molecule has 0 radical (unpaired) electrons. The highest BCUT2D eigenvalue weighted by molar-refractivity contribution is 7.92. The molecular formula is C29H29ClN4O4S2. The molecule has 4 aromatic rings. The minimum absolute atomic E-state index is 0. The van der Waals surface area contributed by atoms with Gasteiger partial charge in [0.2, 0.25) is 0 Å². The van der Waals surface area contributed by atoms with Gasteiger partial charge in [-0.05, 0) is 54.8 Å². The van der Waals surface area contributed by atoms with Crippen LogP contribution in [0.25, 0.3) is 0 Å². The number of primary amides is 1. The fraction of sp³-hybridized carbons (Fsp3) is 0.172. The van der Waals surface area contributed by atoms with E-state index in [4.69, 9.17) is 5.73 Å². The zero-order valence-electron chi connectivity index (χ0n) is 21.7. The molecule has 0 aliphatic carbocycles. The summed E-state index contributed by atoms with van der Waals surface area (Å²) in [5.74, 6) is -1.05. The molecule has 0 spiro atoms. The van der Waals surface area contributed by atoms with Crippen molar-refractivity contribution in [3.63, 3.8) is 0 Å². The molecule has 2 amide bonds. The van der Waals surface area contributed by atoms with Gasteiger partial charge in [0.1, 0.15) is 5.00 Å². The molecular weight excluding hydrogens is 568 g/mol. The molecule has 5 rings (SSSR count). The Balaban J connectivity index is 0.00000370. The van der Waals surface area contributed by atoms with Crippen molar-refractivity contribution in [2.75, 3.05) is 16.6 Å². The third-order valence-corrected chi connectivity index (χ3v) is 9.10. The second-order valence-corrected chi connectivity index (χ2v) is 12.3. The Labute approximate surface area is 243 Å². The number of aryl methyl sites for hydroxylation is 1. The van der Waals surface area contributed by atoms with Gasteiger partial charge in [0.05, 0.1) is 10.5 Å². The highest BCUT2D eigenvalue weighted by Crippen LogP contribution is 2.37. The van der Waals surface area contributed by atoms with Crippen LogP contribution in [0.1, 0.15) is 42.3 Å². The number of benzene rings is 3. The van der Waals surface area contributed by atoms with E-state index in [1.807, 2.05) is 25.1 Å². The number of carbonyl (C=O) groups is 2. The van der Waals surface area contributed by atoms with Crippen LogP contribution in [0.2, 0.25) is 0 Å². The van der Waals surface area contributed by atoms with Gasteiger partial charge < -0.3 is 11.1 Å². The molecule has 1 aromatic heterocycles. The summed E-state index contributed by atoms with van der Waals surface area (Å²) in [6.45, 7) is 4.09. The molecule has 2 heterocycles. The highest BCUT2D eigenvalue weighted by Gasteiger charge is 2.28. The summed E-state index contributed by atoms with van der Waals surface area (Å²) in [5, 5.41) is 3.25. The number of anilines is 2. The summed E-state index contributed by atoms with van der Waals surface area (Å²) in [4.78, 5) is 29.0. The number of nitrogens with one attached hydrogen (secondary N) is 2. The largest absolute Gasteiger partial charge is 0.365 e. The van der Waals surface area contributed by atoms with Gasteiger partial charge in [0.25, 0.3) is 21.8 Å². The molecule has 0 saturated carbocycles. The number of carbonyl (C=O) groups excluding carboxylic acids is 2. The summed E-state index contributed by atoms with van der Waals surface area (Å²) in [6, 6.07) is 22.9. The van der Waals surface area contributed by atoms with Crippen LogP contribution in [0, 0.1) is 6.92 Å². The first-order valence-corrected chi connectivity index (χ1v) is 14.7. The van der Waals surface area contributed by atoms with E-state index in [1.54, 1.807) is 30.3 Å². The Morgan fingerprint density at radius 2 is 1.73 bits per heavy atom. The SMILES string of the molecule is Cc1ccc(S(=O)(=O)Nc2cccc(C(=O)Nc3sc4c(c3C(N)=O)CCN(Cc3ccccc3)C4)c2)cc1.Cl. The number of hydrogen-bond donors (Lipinski definition) is 3. The number of amides is 2. The van der Waals surface area contributed by atoms with E-state index < -0.39 is 21.8 Å². The third-order valence-electron chi connectivity index (χ3n) is 6.57. The second-order valence-electron chi connectivity index (χ2n) is 9.47. The highest BCUT2D eigenvalue weighted by atomic mass is 35.5. The molecule has 0 atom stereocenters. The number of nitrogens with two attached hydrogens (primary N) is 1. The lowest BCUT2D eigenvalue weighted by Crippen LogP contribution is -2.30. The van der Waals surface area contributed by atoms with Crippen molar-refractivity contribution in [2.45, 2.75) is 31.3 Å². The first-order valence-electron chi connectivity index (χ1n) is 12.4. The van der Waals surface area contributed by atoms with Crippen molar-refractivity contribution in [3.05, 3.63) is 112 Å². The Morgan fingerprint density at radius 3 is 2.42 bits per heavy atom. The predicted octanol–water partition coefficient (Wildman–Crippen LogP) is 5.19. The standard InChI is InChI=1S/C29H28N4O4S2.ClH/c1-19-10-12-23(13-11-19)39(36,37)32-22-9-5-8-21(16-22)28(35)31-29-26(27(30)34)24-14-15-33(18-25(24)38-29)17-20-6-3-2-4-7-20;/h2-13,16,32H,14-15,17-18H2,1H3,(H2,30,34)(H,31,35);1H. The van der Waals surface area contributed by atoms with Gasteiger partial charge in [-0.15, -0.1) is 23.7 Å². The van der Waals surface area contributed by atoms with Gasteiger partial charge in [0, 0.05) is 35.8 Å². The molecule has 1 aliphatic heterocycles. The van der Waals surface area contributed by atoms with Gasteiger partial charge in [-0.25, -0.2) is 8.42 Å². The lowest BCUT2D eigenvalue weighted by Gasteiger charge is -2.27. The van der Waals surface area contributed by atoms with E-state index in [-0.39, 0.29) is 28.6 Å². The molecule has 11 heteroatoms. The topological polar surface area (TPSA) is 122 Å². The first-order chi connectivity index (χ1) is 18.7. The number of thiophene rings is 1. The lowest BCUT2D eigenvalue weighted by atomic mass is 10.0. The number of halogens is 1. The lowest BCUT2D eigenvalue weighted by molar-refractivity contribution is 0.0999. The van der Waals surface area contributed by atoms with E-state index in [0.29, 0.717) is 23.5 Å². The minimum Gasteiger partial charge on any atom is -0.365 e. The first kappa shape index (κ1) is 29.3. The van der Waals surface area contributed by atoms with Crippen molar-refractivity contribution in [3.8, 4) is 0 Å². The summed E-state index contributed by atoms with van der Waals surface area (Å²) >= 11 is 1.35. The molecule has 1 aliphatic rings. The molecule has 8 nitrogen and oxygen atoms in total. The number of fused-ring (bicyclic) bond motifs is 1. The van der Waals surface area contributed by atoms with Crippen LogP contribution in [0.3, 0.4) is 0 Å². The number of sulfonamides is 1. The Morgan fingerprint density at radius 1 is 1.00 bits per heavy atom. The summed E-state index contributed by atoms with van der Waals surface area (Å²) < 4.78 is 28.1. The normalized spacial score (nSPS) is 13.1. The molecule has 40 heavy (non-hydrogen) atoms. The minimum atomic E-state index is -3.82. The van der Waals surface area contributed by atoms with Crippen molar-refractivity contribution in [2.24, 2.45) is 5.73 Å². The fourth-order valence-corrected chi connectivity index (χ4v) is 6.95. The molecule has 0 unspecified atom stereocenters. The smallest absolute Gasteiger partial charge is 0.261 e. The molecule has 0 bridgehead atoms.